The monoisotopic (exact) mass is 382 g/mol. The first kappa shape index (κ1) is 19.8. The van der Waals surface area contributed by atoms with Crippen LogP contribution < -0.4 is 5.32 Å². The molecule has 1 N–H and O–H groups in total. The fraction of sp³-hybridized carbons (Fsp3) is 0.444. The Hall–Kier alpha value is -1.56. The molecular weight excluding hydrogens is 359 g/mol. The van der Waals surface area contributed by atoms with Crippen molar-refractivity contribution < 1.29 is 4.79 Å². The quantitative estimate of drug-likeness (QED) is 0.883. The van der Waals surface area contributed by atoms with E-state index in [1.165, 1.54) is 0 Å². The van der Waals surface area contributed by atoms with Gasteiger partial charge in [0.25, 0.3) is 0 Å². The number of carbonyl (C=O) groups excluding carboxylic acids is 1. The van der Waals surface area contributed by atoms with Crippen LogP contribution in [0.15, 0.2) is 36.7 Å². The van der Waals surface area contributed by atoms with Gasteiger partial charge in [-0.2, -0.15) is 5.10 Å². The molecule has 1 aromatic heterocycles. The van der Waals surface area contributed by atoms with Crippen molar-refractivity contribution >= 4 is 29.9 Å². The van der Waals surface area contributed by atoms with E-state index in [9.17, 15) is 4.79 Å². The number of amides is 1. The molecule has 0 bridgehead atoms. The van der Waals surface area contributed by atoms with E-state index in [0.717, 1.165) is 17.7 Å². The second-order valence-corrected chi connectivity index (χ2v) is 6.94. The Labute approximate surface area is 159 Å². The van der Waals surface area contributed by atoms with Gasteiger partial charge in [-0.05, 0) is 30.2 Å². The molecule has 7 heteroatoms. The van der Waals surface area contributed by atoms with E-state index in [0.29, 0.717) is 11.6 Å². The smallest absolute Gasteiger partial charge is 0.227 e. The van der Waals surface area contributed by atoms with E-state index in [4.69, 9.17) is 11.6 Å². The van der Waals surface area contributed by atoms with Crippen LogP contribution in [-0.4, -0.2) is 40.7 Å². The zero-order valence-corrected chi connectivity index (χ0v) is 16.2. The number of carbonyl (C=O) groups is 1. The molecule has 1 unspecified atom stereocenters. The minimum Gasteiger partial charge on any atom is -0.339 e. The molecule has 1 amide bonds. The Morgan fingerprint density at radius 1 is 1.44 bits per heavy atom. The highest BCUT2D eigenvalue weighted by atomic mass is 35.5. The van der Waals surface area contributed by atoms with E-state index in [2.05, 4.69) is 10.4 Å². The van der Waals surface area contributed by atoms with Gasteiger partial charge in [-0.3, -0.25) is 9.48 Å². The molecule has 0 aliphatic carbocycles. The number of nitrogens with one attached hydrogen (secondary N) is 1. The average molecular weight is 383 g/mol. The summed E-state index contributed by atoms with van der Waals surface area (Å²) in [6, 6.07) is 7.67. The van der Waals surface area contributed by atoms with Gasteiger partial charge < -0.3 is 10.2 Å². The number of hydrogen-bond acceptors (Lipinski definition) is 3. The summed E-state index contributed by atoms with van der Waals surface area (Å²) in [6.07, 6.45) is 3.86. The zero-order chi connectivity index (χ0) is 17.3. The Morgan fingerprint density at radius 3 is 2.84 bits per heavy atom. The lowest BCUT2D eigenvalue weighted by Crippen LogP contribution is -2.37. The second-order valence-electron chi connectivity index (χ2n) is 6.50. The molecule has 1 aliphatic rings. The molecule has 1 saturated heterocycles. The highest BCUT2D eigenvalue weighted by Gasteiger charge is 2.37. The van der Waals surface area contributed by atoms with Crippen molar-refractivity contribution in [3.05, 3.63) is 52.8 Å². The molecule has 0 spiro atoms. The topological polar surface area (TPSA) is 50.2 Å². The summed E-state index contributed by atoms with van der Waals surface area (Å²) in [5.41, 5.74) is 2.16. The number of rotatable bonds is 4. The van der Waals surface area contributed by atoms with E-state index in [1.807, 2.05) is 62.6 Å². The maximum atomic E-state index is 13.1. The van der Waals surface area contributed by atoms with Crippen LogP contribution in [0.2, 0.25) is 5.02 Å². The number of benzene rings is 1. The van der Waals surface area contributed by atoms with Crippen LogP contribution in [0.3, 0.4) is 0 Å². The highest BCUT2D eigenvalue weighted by molar-refractivity contribution is 6.30. The molecule has 2 heterocycles. The number of aromatic nitrogens is 2. The van der Waals surface area contributed by atoms with Crippen LogP contribution in [0.25, 0.3) is 0 Å². The lowest BCUT2D eigenvalue weighted by molar-refractivity contribution is -0.136. The van der Waals surface area contributed by atoms with Gasteiger partial charge in [-0.15, -0.1) is 12.4 Å². The summed E-state index contributed by atoms with van der Waals surface area (Å²) in [5, 5.41) is 8.28. The summed E-state index contributed by atoms with van der Waals surface area (Å²) in [5.74, 6) is 0.252. The van der Waals surface area contributed by atoms with Gasteiger partial charge >= 0.3 is 0 Å². The molecule has 2 aromatic rings. The third-order valence-electron chi connectivity index (χ3n) is 4.94. The van der Waals surface area contributed by atoms with Crippen LogP contribution in [-0.2, 0) is 11.8 Å². The summed E-state index contributed by atoms with van der Waals surface area (Å²) >= 11 is 6.08. The van der Waals surface area contributed by atoms with Gasteiger partial charge in [0, 0.05) is 44.3 Å². The van der Waals surface area contributed by atoms with Crippen molar-refractivity contribution in [1.82, 2.24) is 20.0 Å². The molecule has 3 rings (SSSR count). The molecule has 136 valence electrons. The largest absolute Gasteiger partial charge is 0.339 e. The maximum absolute atomic E-state index is 13.1. The molecule has 5 nitrogen and oxygen atoms in total. The molecule has 1 aliphatic heterocycles. The third kappa shape index (κ3) is 4.17. The zero-order valence-electron chi connectivity index (χ0n) is 14.6. The summed E-state index contributed by atoms with van der Waals surface area (Å²) < 4.78 is 1.79. The Bertz CT molecular complexity index is 733. The van der Waals surface area contributed by atoms with Crippen molar-refractivity contribution in [2.45, 2.75) is 18.9 Å². The van der Waals surface area contributed by atoms with Gasteiger partial charge in [0.2, 0.25) is 5.91 Å². The normalized spacial score (nSPS) is 20.8. The predicted octanol–water partition coefficient (Wildman–Crippen LogP) is 3.02. The van der Waals surface area contributed by atoms with Gasteiger partial charge in [-0.25, -0.2) is 0 Å². The Kier molecular flexibility index (Phi) is 6.49. The molecular formula is C18H24Cl2N4O. The second kappa shape index (κ2) is 8.21. The van der Waals surface area contributed by atoms with Crippen LogP contribution in [0.5, 0.6) is 0 Å². The van der Waals surface area contributed by atoms with Crippen molar-refractivity contribution in [1.29, 1.82) is 0 Å². The van der Waals surface area contributed by atoms with Crippen LogP contribution in [0.4, 0.5) is 0 Å². The summed E-state index contributed by atoms with van der Waals surface area (Å²) in [6.45, 7) is 3.54. The SMILES string of the molecule is CC(c1cccc(Cl)c1)N(C)C(=O)[C@H]1CNC[C@@H]1c1cnn(C)c1.Cl. The Balaban J connectivity index is 0.00000225. The fourth-order valence-electron chi connectivity index (χ4n) is 3.36. The average Bonchev–Trinajstić information content (AvgIpc) is 3.21. The minimum atomic E-state index is -0.0687. The first-order valence-electron chi connectivity index (χ1n) is 8.18. The van der Waals surface area contributed by atoms with Crippen LogP contribution in [0.1, 0.15) is 30.0 Å². The first-order valence-corrected chi connectivity index (χ1v) is 8.56. The van der Waals surface area contributed by atoms with Crippen molar-refractivity contribution in [3.8, 4) is 0 Å². The Morgan fingerprint density at radius 2 is 2.20 bits per heavy atom. The molecule has 1 fully saturated rings. The van der Waals surface area contributed by atoms with Crippen molar-refractivity contribution in [2.24, 2.45) is 13.0 Å². The van der Waals surface area contributed by atoms with Crippen molar-refractivity contribution in [2.75, 3.05) is 20.1 Å². The lowest BCUT2D eigenvalue weighted by atomic mass is 9.89. The molecule has 0 radical (unpaired) electrons. The number of hydrogen-bond donors (Lipinski definition) is 1. The van der Waals surface area contributed by atoms with Gasteiger partial charge in [0.15, 0.2) is 0 Å². The van der Waals surface area contributed by atoms with E-state index in [-0.39, 0.29) is 36.2 Å². The highest BCUT2D eigenvalue weighted by Crippen LogP contribution is 2.31. The maximum Gasteiger partial charge on any atom is 0.227 e. The van der Waals surface area contributed by atoms with Crippen molar-refractivity contribution in [3.63, 3.8) is 0 Å². The van der Waals surface area contributed by atoms with E-state index >= 15 is 0 Å². The number of aryl methyl sites for hydroxylation is 1. The molecule has 25 heavy (non-hydrogen) atoms. The molecule has 3 atom stereocenters. The standard InChI is InChI=1S/C18H23ClN4O.ClH/c1-12(13-5-4-6-15(19)7-13)23(3)18(24)17-10-20-9-16(17)14-8-21-22(2)11-14;/h4-8,11-12,16-17,20H,9-10H2,1-3H3;1H/t12?,16-,17+;/m1./s1. The molecule has 0 saturated carbocycles. The van der Waals surface area contributed by atoms with Gasteiger partial charge in [0.1, 0.15) is 0 Å². The van der Waals surface area contributed by atoms with Gasteiger partial charge in [-0.1, -0.05) is 23.7 Å². The first-order chi connectivity index (χ1) is 11.5. The van der Waals surface area contributed by atoms with E-state index < -0.39 is 0 Å². The molecule has 1 aromatic carbocycles. The fourth-order valence-corrected chi connectivity index (χ4v) is 3.56. The third-order valence-corrected chi connectivity index (χ3v) is 5.18. The van der Waals surface area contributed by atoms with Crippen LogP contribution in [0, 0.1) is 5.92 Å². The van der Waals surface area contributed by atoms with E-state index in [1.54, 1.807) is 4.68 Å². The predicted molar refractivity (Wildman–Crippen MR) is 102 cm³/mol. The lowest BCUT2D eigenvalue weighted by Gasteiger charge is -2.29. The van der Waals surface area contributed by atoms with Gasteiger partial charge in [0.05, 0.1) is 18.2 Å². The number of nitrogens with zero attached hydrogens (tertiary/aromatic N) is 3. The minimum absolute atomic E-state index is 0. The summed E-state index contributed by atoms with van der Waals surface area (Å²) in [4.78, 5) is 14.9. The number of halogens is 2. The van der Waals surface area contributed by atoms with Crippen LogP contribution >= 0.6 is 24.0 Å². The summed E-state index contributed by atoms with van der Waals surface area (Å²) in [7, 11) is 3.77.